The van der Waals surface area contributed by atoms with Gasteiger partial charge in [0, 0.05) is 34.7 Å². The molecule has 1 atom stereocenters. The molecule has 1 aliphatic heterocycles. The van der Waals surface area contributed by atoms with Gasteiger partial charge >= 0.3 is 0 Å². The van der Waals surface area contributed by atoms with Gasteiger partial charge in [0.25, 0.3) is 5.56 Å². The summed E-state index contributed by atoms with van der Waals surface area (Å²) in [5.41, 5.74) is 7.94. The molecule has 3 N–H and O–H groups in total. The maximum absolute atomic E-state index is 13.4. The number of carbonyl (C=O) groups excluding carboxylic acids is 1. The summed E-state index contributed by atoms with van der Waals surface area (Å²) in [5.74, 6) is -0.300. The van der Waals surface area contributed by atoms with Crippen LogP contribution in [0, 0.1) is 0 Å². The topological polar surface area (TPSA) is 104 Å². The van der Waals surface area contributed by atoms with E-state index in [0.29, 0.717) is 33.5 Å². The number of anilines is 1. The van der Waals surface area contributed by atoms with E-state index in [9.17, 15) is 9.59 Å². The van der Waals surface area contributed by atoms with Crippen LogP contribution in [0.5, 0.6) is 0 Å². The predicted octanol–water partition coefficient (Wildman–Crippen LogP) is 3.99. The van der Waals surface area contributed by atoms with E-state index in [2.05, 4.69) is 26.2 Å². The highest BCUT2D eigenvalue weighted by molar-refractivity contribution is 7.09. The molecule has 1 aliphatic rings. The maximum atomic E-state index is 13.4. The number of carbonyl (C=O) groups is 1. The number of amides is 1. The molecular formula is C25H21Cl2N7O2S. The molecule has 3 heterocycles. The first kappa shape index (κ1) is 25.0. The van der Waals surface area contributed by atoms with Crippen LogP contribution >= 0.6 is 34.5 Å². The van der Waals surface area contributed by atoms with E-state index in [1.165, 1.54) is 28.3 Å². The Morgan fingerprint density at radius 3 is 2.65 bits per heavy atom. The summed E-state index contributed by atoms with van der Waals surface area (Å²) >= 11 is 13.7. The Morgan fingerprint density at radius 1 is 1.11 bits per heavy atom. The SMILES string of the molecule is O=C(NCc1nccs1)[C@H](Cc1ccccc1)n1cnc(-c2cc(Cl)ccc2N2C=C(Cl)NN2)cc1=O. The molecule has 0 bridgehead atoms. The lowest BCUT2D eigenvalue weighted by molar-refractivity contribution is -0.124. The summed E-state index contributed by atoms with van der Waals surface area (Å²) in [4.78, 5) is 35.4. The molecule has 0 radical (unpaired) electrons. The molecule has 4 aromatic rings. The van der Waals surface area contributed by atoms with E-state index in [1.807, 2.05) is 35.7 Å². The minimum absolute atomic E-state index is 0.279. The van der Waals surface area contributed by atoms with Crippen LogP contribution in [-0.4, -0.2) is 20.4 Å². The smallest absolute Gasteiger partial charge is 0.254 e. The van der Waals surface area contributed by atoms with Crippen molar-refractivity contribution in [2.75, 3.05) is 5.01 Å². The number of hydrazine groups is 2. The Hall–Kier alpha value is -3.70. The molecule has 0 aliphatic carbocycles. The number of thiazole rings is 1. The van der Waals surface area contributed by atoms with Gasteiger partial charge in [0.2, 0.25) is 5.91 Å². The molecule has 0 saturated heterocycles. The summed E-state index contributed by atoms with van der Waals surface area (Å²) in [7, 11) is 0. The van der Waals surface area contributed by atoms with Gasteiger partial charge in [-0.05, 0) is 23.8 Å². The Balaban J connectivity index is 1.48. The van der Waals surface area contributed by atoms with Crippen molar-refractivity contribution in [3.63, 3.8) is 0 Å². The summed E-state index contributed by atoms with van der Waals surface area (Å²) < 4.78 is 1.35. The van der Waals surface area contributed by atoms with Crippen molar-refractivity contribution in [1.29, 1.82) is 0 Å². The largest absolute Gasteiger partial charge is 0.348 e. The number of halogens is 2. The minimum Gasteiger partial charge on any atom is -0.348 e. The average molecular weight is 554 g/mol. The Morgan fingerprint density at radius 2 is 1.95 bits per heavy atom. The Bertz CT molecular complexity index is 1490. The molecule has 2 aromatic carbocycles. The Kier molecular flexibility index (Phi) is 7.52. The number of nitrogens with one attached hydrogen (secondary N) is 3. The fourth-order valence-electron chi connectivity index (χ4n) is 3.91. The van der Waals surface area contributed by atoms with Crippen LogP contribution in [0.15, 0.2) is 88.7 Å². The zero-order valence-corrected chi connectivity index (χ0v) is 21.6. The van der Waals surface area contributed by atoms with Crippen LogP contribution in [0.25, 0.3) is 11.3 Å². The third-order valence-corrected chi connectivity index (χ3v) is 6.88. The van der Waals surface area contributed by atoms with Gasteiger partial charge in [0.05, 0.1) is 30.5 Å². The van der Waals surface area contributed by atoms with E-state index in [1.54, 1.807) is 35.6 Å². The van der Waals surface area contributed by atoms with Crippen LogP contribution in [0.3, 0.4) is 0 Å². The van der Waals surface area contributed by atoms with Crippen molar-refractivity contribution in [3.05, 3.63) is 110 Å². The van der Waals surface area contributed by atoms with Crippen LogP contribution in [-0.2, 0) is 17.8 Å². The van der Waals surface area contributed by atoms with Crippen LogP contribution in [0.2, 0.25) is 5.02 Å². The number of hydrogen-bond acceptors (Lipinski definition) is 8. The molecule has 0 fully saturated rings. The van der Waals surface area contributed by atoms with Gasteiger partial charge in [-0.2, -0.15) is 0 Å². The van der Waals surface area contributed by atoms with Crippen LogP contribution in [0.1, 0.15) is 16.6 Å². The molecule has 1 amide bonds. The van der Waals surface area contributed by atoms with Gasteiger partial charge in [-0.1, -0.05) is 53.5 Å². The second kappa shape index (κ2) is 11.1. The first-order valence-corrected chi connectivity index (χ1v) is 12.9. The first-order chi connectivity index (χ1) is 18.0. The number of rotatable bonds is 8. The molecule has 9 nitrogen and oxygen atoms in total. The van der Waals surface area contributed by atoms with E-state index in [0.717, 1.165) is 10.6 Å². The normalized spacial score (nSPS) is 13.7. The summed E-state index contributed by atoms with van der Waals surface area (Å²) in [6.07, 6.45) is 5.05. The summed E-state index contributed by atoms with van der Waals surface area (Å²) in [6, 6.07) is 15.4. The van der Waals surface area contributed by atoms with Crippen molar-refractivity contribution < 1.29 is 4.79 Å². The average Bonchev–Trinajstić information content (AvgIpc) is 3.58. The fraction of sp³-hybridized carbons (Fsp3) is 0.120. The molecule has 2 aromatic heterocycles. The monoisotopic (exact) mass is 553 g/mol. The third kappa shape index (κ3) is 5.83. The van der Waals surface area contributed by atoms with Crippen LogP contribution in [0.4, 0.5) is 5.69 Å². The zero-order valence-electron chi connectivity index (χ0n) is 19.3. The zero-order chi connectivity index (χ0) is 25.8. The molecule has 0 spiro atoms. The third-order valence-electron chi connectivity index (χ3n) is 5.68. The van der Waals surface area contributed by atoms with Gasteiger partial charge in [-0.15, -0.1) is 16.9 Å². The van der Waals surface area contributed by atoms with Gasteiger partial charge < -0.3 is 5.32 Å². The second-order valence-electron chi connectivity index (χ2n) is 8.11. The van der Waals surface area contributed by atoms with Gasteiger partial charge in [0.1, 0.15) is 16.2 Å². The highest BCUT2D eigenvalue weighted by atomic mass is 35.5. The van der Waals surface area contributed by atoms with Gasteiger partial charge in [-0.25, -0.2) is 9.97 Å². The van der Waals surface area contributed by atoms with Crippen molar-refractivity contribution >= 4 is 46.1 Å². The van der Waals surface area contributed by atoms with Crippen molar-refractivity contribution in [2.24, 2.45) is 0 Å². The maximum Gasteiger partial charge on any atom is 0.254 e. The number of benzene rings is 2. The fourth-order valence-corrected chi connectivity index (χ4v) is 4.78. The highest BCUT2D eigenvalue weighted by Gasteiger charge is 2.24. The van der Waals surface area contributed by atoms with Crippen molar-refractivity contribution in [3.8, 4) is 11.3 Å². The molecule has 0 saturated carbocycles. The van der Waals surface area contributed by atoms with E-state index >= 15 is 0 Å². The molecule has 188 valence electrons. The highest BCUT2D eigenvalue weighted by Crippen LogP contribution is 2.32. The summed E-state index contributed by atoms with van der Waals surface area (Å²) in [5, 5.41) is 8.06. The number of aromatic nitrogens is 3. The first-order valence-electron chi connectivity index (χ1n) is 11.2. The molecule has 5 rings (SSSR count). The lowest BCUT2D eigenvalue weighted by Gasteiger charge is -2.21. The quantitative estimate of drug-likeness (QED) is 0.283. The van der Waals surface area contributed by atoms with Crippen molar-refractivity contribution in [1.82, 2.24) is 30.8 Å². The second-order valence-corrected chi connectivity index (χ2v) is 9.94. The predicted molar refractivity (Wildman–Crippen MR) is 145 cm³/mol. The minimum atomic E-state index is -0.804. The number of hydrogen-bond donors (Lipinski definition) is 3. The molecule has 12 heteroatoms. The van der Waals surface area contributed by atoms with Gasteiger partial charge in [-0.3, -0.25) is 24.6 Å². The molecular weight excluding hydrogens is 533 g/mol. The summed E-state index contributed by atoms with van der Waals surface area (Å²) in [6.45, 7) is 0.279. The Labute approximate surface area is 226 Å². The number of nitrogens with zero attached hydrogens (tertiary/aromatic N) is 4. The van der Waals surface area contributed by atoms with Crippen LogP contribution < -0.4 is 26.8 Å². The van der Waals surface area contributed by atoms with E-state index in [4.69, 9.17) is 23.2 Å². The lowest BCUT2D eigenvalue weighted by Crippen LogP contribution is -2.38. The molecule has 37 heavy (non-hydrogen) atoms. The lowest BCUT2D eigenvalue weighted by atomic mass is 10.0. The van der Waals surface area contributed by atoms with E-state index in [-0.39, 0.29) is 18.0 Å². The standard InChI is InChI=1S/C25H21Cl2N7O2S/c26-17-6-7-20(34-14-22(27)31-32-34)18(11-17)19-12-24(35)33(15-30-19)21(10-16-4-2-1-3-5-16)25(36)29-13-23-28-8-9-37-23/h1-9,11-12,14-15,21,31-32H,10,13H2,(H,29,36)/t21-/m0/s1. The van der Waals surface area contributed by atoms with Gasteiger partial charge in [0.15, 0.2) is 0 Å². The van der Waals surface area contributed by atoms with E-state index < -0.39 is 6.04 Å². The van der Waals surface area contributed by atoms with Crippen molar-refractivity contribution in [2.45, 2.75) is 19.0 Å². The molecule has 0 unspecified atom stereocenters.